The first-order valence-electron chi connectivity index (χ1n) is 5.57. The van der Waals surface area contributed by atoms with Gasteiger partial charge in [0.05, 0.1) is 12.0 Å². The van der Waals surface area contributed by atoms with Gasteiger partial charge in [-0.2, -0.15) is 0 Å². The summed E-state index contributed by atoms with van der Waals surface area (Å²) in [6, 6.07) is 7.51. The first-order valence-corrected chi connectivity index (χ1v) is 5.57. The van der Waals surface area contributed by atoms with E-state index in [1.165, 1.54) is 11.1 Å². The van der Waals surface area contributed by atoms with Crippen LogP contribution in [0, 0.1) is 0 Å². The molecule has 0 saturated heterocycles. The van der Waals surface area contributed by atoms with Gasteiger partial charge in [-0.15, -0.1) is 0 Å². The highest BCUT2D eigenvalue weighted by molar-refractivity contribution is 6.11. The van der Waals surface area contributed by atoms with Crippen molar-refractivity contribution in [3.8, 4) is 5.75 Å². The molecule has 0 unspecified atom stereocenters. The van der Waals surface area contributed by atoms with E-state index in [1.807, 2.05) is 6.07 Å². The van der Waals surface area contributed by atoms with Crippen LogP contribution in [0.3, 0.4) is 0 Å². The molecule has 2 bridgehead atoms. The van der Waals surface area contributed by atoms with Crippen molar-refractivity contribution in [2.45, 2.75) is 13.0 Å². The molecular weight excluding hydrogens is 216 g/mol. The number of furan rings is 1. The third-order valence-electron chi connectivity index (χ3n) is 3.43. The zero-order chi connectivity index (χ0) is 11.6. The number of aliphatic hydroxyl groups is 1. The number of hydrogen-bond donors (Lipinski definition) is 2. The van der Waals surface area contributed by atoms with Gasteiger partial charge in [0.1, 0.15) is 16.9 Å². The van der Waals surface area contributed by atoms with Crippen molar-refractivity contribution in [2.24, 2.45) is 0 Å². The summed E-state index contributed by atoms with van der Waals surface area (Å²) >= 11 is 0. The minimum atomic E-state index is -0.0986. The van der Waals surface area contributed by atoms with Crippen LogP contribution in [0.5, 0.6) is 5.75 Å². The Hall–Kier alpha value is -2.00. The van der Waals surface area contributed by atoms with E-state index in [0.717, 1.165) is 22.8 Å². The van der Waals surface area contributed by atoms with Crippen LogP contribution in [0.15, 0.2) is 28.7 Å². The van der Waals surface area contributed by atoms with Crippen LogP contribution in [-0.4, -0.2) is 10.2 Å². The zero-order valence-corrected chi connectivity index (χ0v) is 9.03. The summed E-state index contributed by atoms with van der Waals surface area (Å²) in [5.41, 5.74) is 4.63. The lowest BCUT2D eigenvalue weighted by molar-refractivity contribution is 0.281. The number of hydrogen-bond acceptors (Lipinski definition) is 3. The first kappa shape index (κ1) is 9.07. The van der Waals surface area contributed by atoms with E-state index in [0.29, 0.717) is 11.1 Å². The number of rotatable bonds is 1. The van der Waals surface area contributed by atoms with Crippen LogP contribution >= 0.6 is 0 Å². The second kappa shape index (κ2) is 2.81. The maximum atomic E-state index is 10.0. The molecule has 0 spiro atoms. The zero-order valence-electron chi connectivity index (χ0n) is 9.03. The van der Waals surface area contributed by atoms with E-state index in [2.05, 4.69) is 6.07 Å². The molecule has 2 aromatic carbocycles. The van der Waals surface area contributed by atoms with Crippen molar-refractivity contribution >= 4 is 21.9 Å². The fraction of sp³-hybridized carbons (Fsp3) is 0.143. The van der Waals surface area contributed by atoms with Crippen LogP contribution in [0.2, 0.25) is 0 Å². The Morgan fingerprint density at radius 1 is 1.06 bits per heavy atom. The van der Waals surface area contributed by atoms with Crippen LogP contribution in [0.25, 0.3) is 21.9 Å². The Morgan fingerprint density at radius 2 is 1.82 bits per heavy atom. The Morgan fingerprint density at radius 3 is 2.59 bits per heavy atom. The summed E-state index contributed by atoms with van der Waals surface area (Å²) in [4.78, 5) is 0. The molecular formula is C14H10O3. The predicted molar refractivity (Wildman–Crippen MR) is 64.1 cm³/mol. The van der Waals surface area contributed by atoms with Gasteiger partial charge in [0, 0.05) is 5.39 Å². The van der Waals surface area contributed by atoms with Crippen molar-refractivity contribution < 1.29 is 14.6 Å². The number of benzene rings is 2. The van der Waals surface area contributed by atoms with Crippen molar-refractivity contribution in [2.75, 3.05) is 0 Å². The van der Waals surface area contributed by atoms with E-state index in [-0.39, 0.29) is 12.4 Å². The average molecular weight is 226 g/mol. The Bertz CT molecular complexity index is 768. The summed E-state index contributed by atoms with van der Waals surface area (Å²) in [5, 5.41) is 20.9. The number of fused-ring (bicyclic) bond motifs is 1. The molecule has 0 amide bonds. The molecule has 5 rings (SSSR count). The minimum absolute atomic E-state index is 0.0986. The molecule has 2 N–H and O–H groups in total. The highest BCUT2D eigenvalue weighted by atomic mass is 16.3. The average Bonchev–Trinajstić information content (AvgIpc) is 2.65. The largest absolute Gasteiger partial charge is 0.507 e. The van der Waals surface area contributed by atoms with Gasteiger partial charge in [0.25, 0.3) is 0 Å². The third-order valence-corrected chi connectivity index (χ3v) is 3.43. The van der Waals surface area contributed by atoms with Gasteiger partial charge in [0.2, 0.25) is 0 Å². The molecule has 0 fully saturated rings. The van der Waals surface area contributed by atoms with Crippen LogP contribution in [0.4, 0.5) is 0 Å². The summed E-state index contributed by atoms with van der Waals surface area (Å²) in [5.74, 6) is 0.182. The van der Waals surface area contributed by atoms with Crippen molar-refractivity contribution in [1.82, 2.24) is 0 Å². The Kier molecular flexibility index (Phi) is 1.50. The SMILES string of the molecule is OCc1cc(O)c2c(c1)oc1cc3cc(c12)C3. The maximum absolute atomic E-state index is 10.0. The standard InChI is InChI=1S/C14H10O3/c15-6-8-3-10(16)14-12(5-8)17-11-4-7-1-9(2-7)13(11)14/h1,3-5,15-16H,2,6H2. The second-order valence-corrected chi connectivity index (χ2v) is 4.55. The number of phenols is 1. The molecule has 0 radical (unpaired) electrons. The van der Waals surface area contributed by atoms with Gasteiger partial charge in [-0.05, 0) is 41.3 Å². The van der Waals surface area contributed by atoms with Crippen molar-refractivity contribution in [3.63, 3.8) is 0 Å². The second-order valence-electron chi connectivity index (χ2n) is 4.55. The summed E-state index contributed by atoms with van der Waals surface area (Å²) < 4.78 is 5.73. The molecule has 2 aliphatic carbocycles. The lowest BCUT2D eigenvalue weighted by atomic mass is 9.88. The van der Waals surface area contributed by atoms with E-state index in [1.54, 1.807) is 12.1 Å². The third kappa shape index (κ3) is 1.04. The van der Waals surface area contributed by atoms with Gasteiger partial charge in [-0.25, -0.2) is 0 Å². The highest BCUT2D eigenvalue weighted by Gasteiger charge is 2.21. The van der Waals surface area contributed by atoms with Crippen molar-refractivity contribution in [1.29, 1.82) is 0 Å². The first-order chi connectivity index (χ1) is 8.26. The molecule has 0 aliphatic heterocycles. The predicted octanol–water partition coefficient (Wildman–Crippen LogP) is 2.69. The molecule has 2 aliphatic rings. The smallest absolute Gasteiger partial charge is 0.139 e. The fourth-order valence-corrected chi connectivity index (χ4v) is 2.63. The van der Waals surface area contributed by atoms with E-state index >= 15 is 0 Å². The van der Waals surface area contributed by atoms with Gasteiger partial charge in [-0.3, -0.25) is 0 Å². The van der Waals surface area contributed by atoms with Crippen LogP contribution in [0.1, 0.15) is 16.7 Å². The number of aliphatic hydroxyl groups excluding tert-OH is 1. The summed E-state index contributed by atoms with van der Waals surface area (Å²) in [6.45, 7) is -0.0986. The Labute approximate surface area is 96.9 Å². The monoisotopic (exact) mass is 226 g/mol. The molecule has 3 heteroatoms. The van der Waals surface area contributed by atoms with E-state index in [9.17, 15) is 5.11 Å². The minimum Gasteiger partial charge on any atom is -0.507 e. The number of aromatic hydroxyl groups is 1. The Balaban J connectivity index is 2.23. The van der Waals surface area contributed by atoms with E-state index in [4.69, 9.17) is 9.52 Å². The molecule has 84 valence electrons. The molecule has 17 heavy (non-hydrogen) atoms. The lowest BCUT2D eigenvalue weighted by Crippen LogP contribution is -2.00. The fourth-order valence-electron chi connectivity index (χ4n) is 2.63. The van der Waals surface area contributed by atoms with Crippen LogP contribution in [-0.2, 0) is 13.0 Å². The maximum Gasteiger partial charge on any atom is 0.139 e. The van der Waals surface area contributed by atoms with Gasteiger partial charge < -0.3 is 14.6 Å². The topological polar surface area (TPSA) is 53.6 Å². The quantitative estimate of drug-likeness (QED) is 0.524. The lowest BCUT2D eigenvalue weighted by Gasteiger charge is -2.15. The normalized spacial score (nSPS) is 13.2. The molecule has 3 aromatic rings. The summed E-state index contributed by atoms with van der Waals surface area (Å²) in [6.07, 6.45) is 0.961. The van der Waals surface area contributed by atoms with Gasteiger partial charge in [-0.1, -0.05) is 6.07 Å². The molecule has 0 atom stereocenters. The molecule has 1 aromatic heterocycles. The van der Waals surface area contributed by atoms with Crippen molar-refractivity contribution in [3.05, 3.63) is 41.0 Å². The number of phenolic OH excluding ortho intramolecular Hbond substituents is 1. The molecule has 0 saturated carbocycles. The van der Waals surface area contributed by atoms with E-state index < -0.39 is 0 Å². The van der Waals surface area contributed by atoms with Gasteiger partial charge >= 0.3 is 0 Å². The highest BCUT2D eigenvalue weighted by Crippen LogP contribution is 2.42. The van der Waals surface area contributed by atoms with Crippen LogP contribution < -0.4 is 0 Å². The van der Waals surface area contributed by atoms with Gasteiger partial charge in [0.15, 0.2) is 0 Å². The summed E-state index contributed by atoms with van der Waals surface area (Å²) in [7, 11) is 0. The molecule has 3 nitrogen and oxygen atoms in total. The molecule has 1 heterocycles.